The Morgan fingerprint density at radius 3 is 2.71 bits per heavy atom. The molecule has 202 valence electrons. The van der Waals surface area contributed by atoms with E-state index in [1.165, 1.54) is 12.1 Å². The van der Waals surface area contributed by atoms with E-state index in [0.717, 1.165) is 41.4 Å². The lowest BCUT2D eigenvalue weighted by Gasteiger charge is -2.40. The van der Waals surface area contributed by atoms with Gasteiger partial charge in [0.15, 0.2) is 0 Å². The number of aromatic nitrogens is 3. The van der Waals surface area contributed by atoms with E-state index < -0.39 is 0 Å². The monoisotopic (exact) mass is 520 g/mol. The van der Waals surface area contributed by atoms with Crippen LogP contribution in [0.15, 0.2) is 42.7 Å². The minimum absolute atomic E-state index is 0.0649. The number of imidazole rings is 1. The van der Waals surface area contributed by atoms with Crippen molar-refractivity contribution < 1.29 is 14.3 Å². The van der Waals surface area contributed by atoms with Crippen LogP contribution in [0.25, 0.3) is 0 Å². The summed E-state index contributed by atoms with van der Waals surface area (Å²) >= 11 is 0. The number of halogens is 1. The Morgan fingerprint density at radius 1 is 1.24 bits per heavy atom. The number of aliphatic hydroxyl groups excluding tert-OH is 1. The molecule has 4 heterocycles. The Balaban J connectivity index is 1.35. The lowest BCUT2D eigenvalue weighted by Crippen LogP contribution is -2.59. The third kappa shape index (κ3) is 5.50. The summed E-state index contributed by atoms with van der Waals surface area (Å²) in [4.78, 5) is 27.2. The first-order valence-electron chi connectivity index (χ1n) is 13.3. The second-order valence-corrected chi connectivity index (χ2v) is 11.4. The number of hydrogen-bond acceptors (Lipinski definition) is 6. The van der Waals surface area contributed by atoms with Gasteiger partial charge < -0.3 is 19.9 Å². The number of aliphatic hydroxyl groups is 1. The smallest absolute Gasteiger partial charge is 0.241 e. The van der Waals surface area contributed by atoms with Gasteiger partial charge in [-0.05, 0) is 49.6 Å². The summed E-state index contributed by atoms with van der Waals surface area (Å²) in [5.74, 6) is 0.668. The summed E-state index contributed by atoms with van der Waals surface area (Å²) in [7, 11) is 0. The highest BCUT2D eigenvalue weighted by Crippen LogP contribution is 2.39. The highest BCUT2D eigenvalue weighted by atomic mass is 19.1. The number of benzene rings is 1. The molecule has 2 aliphatic heterocycles. The number of anilines is 1. The normalized spacial score (nSPS) is 21.1. The van der Waals surface area contributed by atoms with Crippen molar-refractivity contribution in [3.05, 3.63) is 76.9 Å². The number of amides is 1. The molecule has 38 heavy (non-hydrogen) atoms. The summed E-state index contributed by atoms with van der Waals surface area (Å²) < 4.78 is 15.4. The molecular weight excluding hydrogens is 483 g/mol. The molecule has 0 unspecified atom stereocenters. The first-order valence-corrected chi connectivity index (χ1v) is 13.3. The standard InChI is InChI=1S/C29H37FN6O2/c1-19-13-35(25(12-31-19)15-34-14-24(17-37)33-20(34)2)16-27(38)36-18-29(3,4)28-26(36)10-22(11-32-28)9-21-5-7-23(30)8-6-21/h5-8,10-11,14,19,25,31,37H,9,12-13,15-18H2,1-4H3/t19-,25-/m1/s1. The zero-order valence-corrected chi connectivity index (χ0v) is 22.6. The predicted molar refractivity (Wildman–Crippen MR) is 145 cm³/mol. The van der Waals surface area contributed by atoms with Crippen molar-refractivity contribution in [3.63, 3.8) is 0 Å². The van der Waals surface area contributed by atoms with Crippen molar-refractivity contribution in [2.45, 2.75) is 64.8 Å². The van der Waals surface area contributed by atoms with Crippen LogP contribution in [0.5, 0.6) is 0 Å². The van der Waals surface area contributed by atoms with Crippen molar-refractivity contribution in [2.24, 2.45) is 0 Å². The van der Waals surface area contributed by atoms with Crippen molar-refractivity contribution >= 4 is 11.6 Å². The molecule has 0 aliphatic carbocycles. The summed E-state index contributed by atoms with van der Waals surface area (Å²) in [6, 6.07) is 8.97. The fourth-order valence-electron chi connectivity index (χ4n) is 5.66. The van der Waals surface area contributed by atoms with E-state index in [9.17, 15) is 14.3 Å². The van der Waals surface area contributed by atoms with Gasteiger partial charge in [0.25, 0.3) is 0 Å². The molecular formula is C29H37FN6O2. The number of nitrogens with zero attached hydrogens (tertiary/aromatic N) is 5. The molecule has 1 amide bonds. The Bertz CT molecular complexity index is 1300. The molecule has 1 fully saturated rings. The summed E-state index contributed by atoms with van der Waals surface area (Å²) in [5, 5.41) is 13.0. The van der Waals surface area contributed by atoms with Crippen LogP contribution >= 0.6 is 0 Å². The SMILES string of the molecule is Cc1nc(CO)cn1C[C@H]1CN[C@H](C)CN1CC(=O)N1CC(C)(C)c2ncc(Cc3ccc(F)cc3)cc21. The molecule has 2 aliphatic rings. The Kier molecular flexibility index (Phi) is 7.35. The third-order valence-corrected chi connectivity index (χ3v) is 7.69. The van der Waals surface area contributed by atoms with E-state index in [4.69, 9.17) is 4.98 Å². The van der Waals surface area contributed by atoms with Gasteiger partial charge in [-0.1, -0.05) is 26.0 Å². The van der Waals surface area contributed by atoms with Gasteiger partial charge in [0.2, 0.25) is 5.91 Å². The van der Waals surface area contributed by atoms with Gasteiger partial charge in [0.1, 0.15) is 11.6 Å². The maximum absolute atomic E-state index is 13.8. The number of carbonyl (C=O) groups excluding carboxylic acids is 1. The molecule has 8 nitrogen and oxygen atoms in total. The Hall–Kier alpha value is -3.14. The molecule has 2 N–H and O–H groups in total. The van der Waals surface area contributed by atoms with Crippen LogP contribution in [0.1, 0.15) is 49.1 Å². The first-order chi connectivity index (χ1) is 18.1. The lowest BCUT2D eigenvalue weighted by molar-refractivity contribution is -0.120. The summed E-state index contributed by atoms with van der Waals surface area (Å²) in [6.07, 6.45) is 4.39. The zero-order chi connectivity index (χ0) is 27.0. The van der Waals surface area contributed by atoms with E-state index in [-0.39, 0.29) is 35.8 Å². The quantitative estimate of drug-likeness (QED) is 0.498. The van der Waals surface area contributed by atoms with Crippen LogP contribution in [0.3, 0.4) is 0 Å². The fraction of sp³-hybridized carbons (Fsp3) is 0.483. The van der Waals surface area contributed by atoms with Crippen molar-refractivity contribution in [3.8, 4) is 0 Å². The van der Waals surface area contributed by atoms with Gasteiger partial charge in [0.05, 0.1) is 30.2 Å². The van der Waals surface area contributed by atoms with Crippen LogP contribution in [-0.4, -0.2) is 68.7 Å². The first kappa shape index (κ1) is 26.5. The summed E-state index contributed by atoms with van der Waals surface area (Å²) in [5.41, 5.74) is 4.21. The Morgan fingerprint density at radius 2 is 2.00 bits per heavy atom. The topological polar surface area (TPSA) is 86.5 Å². The van der Waals surface area contributed by atoms with Gasteiger partial charge in [-0.2, -0.15) is 0 Å². The molecule has 1 aromatic carbocycles. The lowest BCUT2D eigenvalue weighted by atomic mass is 9.91. The number of hydrogen-bond donors (Lipinski definition) is 2. The van der Waals surface area contributed by atoms with Crippen LogP contribution < -0.4 is 10.2 Å². The number of piperazine rings is 1. The molecule has 0 saturated carbocycles. The average Bonchev–Trinajstić information content (AvgIpc) is 3.37. The minimum atomic E-state index is -0.253. The number of fused-ring (bicyclic) bond motifs is 1. The molecule has 0 bridgehead atoms. The number of pyridine rings is 1. The zero-order valence-electron chi connectivity index (χ0n) is 22.6. The summed E-state index contributed by atoms with van der Waals surface area (Å²) in [6.45, 7) is 11.4. The minimum Gasteiger partial charge on any atom is -0.390 e. The fourth-order valence-corrected chi connectivity index (χ4v) is 5.66. The van der Waals surface area contributed by atoms with Crippen molar-refractivity contribution in [2.75, 3.05) is 31.1 Å². The molecule has 0 radical (unpaired) electrons. The van der Waals surface area contributed by atoms with E-state index in [2.05, 4.69) is 46.6 Å². The molecule has 3 aromatic rings. The predicted octanol–water partition coefficient (Wildman–Crippen LogP) is 2.80. The average molecular weight is 521 g/mol. The third-order valence-electron chi connectivity index (χ3n) is 7.69. The van der Waals surface area contributed by atoms with Crippen LogP contribution in [-0.2, 0) is 29.8 Å². The van der Waals surface area contributed by atoms with Gasteiger partial charge >= 0.3 is 0 Å². The van der Waals surface area contributed by atoms with Gasteiger partial charge in [0, 0.05) is 56.1 Å². The highest BCUT2D eigenvalue weighted by Gasteiger charge is 2.40. The van der Waals surface area contributed by atoms with Crippen molar-refractivity contribution in [1.29, 1.82) is 0 Å². The van der Waals surface area contributed by atoms with E-state index >= 15 is 0 Å². The molecule has 0 spiro atoms. The van der Waals surface area contributed by atoms with E-state index in [1.54, 1.807) is 12.1 Å². The number of nitrogens with one attached hydrogen (secondary N) is 1. The maximum Gasteiger partial charge on any atom is 0.241 e. The maximum atomic E-state index is 13.8. The van der Waals surface area contributed by atoms with Crippen LogP contribution in [0.2, 0.25) is 0 Å². The van der Waals surface area contributed by atoms with Crippen LogP contribution in [0.4, 0.5) is 10.1 Å². The van der Waals surface area contributed by atoms with E-state index in [0.29, 0.717) is 31.7 Å². The second-order valence-electron chi connectivity index (χ2n) is 11.4. The number of carbonyl (C=O) groups is 1. The largest absolute Gasteiger partial charge is 0.390 e. The molecule has 2 atom stereocenters. The number of aryl methyl sites for hydroxylation is 1. The van der Waals surface area contributed by atoms with Crippen LogP contribution in [0, 0.1) is 12.7 Å². The molecule has 2 aromatic heterocycles. The Labute approximate surface area is 223 Å². The highest BCUT2D eigenvalue weighted by molar-refractivity contribution is 5.97. The molecule has 1 saturated heterocycles. The molecule has 5 rings (SSSR count). The molecule has 9 heteroatoms. The number of rotatable bonds is 7. The van der Waals surface area contributed by atoms with E-state index in [1.807, 2.05) is 24.2 Å². The van der Waals surface area contributed by atoms with Gasteiger partial charge in [-0.3, -0.25) is 14.7 Å². The van der Waals surface area contributed by atoms with Gasteiger partial charge in [-0.25, -0.2) is 9.37 Å². The van der Waals surface area contributed by atoms with Crippen molar-refractivity contribution in [1.82, 2.24) is 24.8 Å². The second kappa shape index (κ2) is 10.6. The van der Waals surface area contributed by atoms with Gasteiger partial charge in [-0.15, -0.1) is 0 Å².